The average molecular weight is 290 g/mol. The van der Waals surface area contributed by atoms with Crippen LogP contribution in [-0.4, -0.2) is 36.7 Å². The summed E-state index contributed by atoms with van der Waals surface area (Å²) in [4.78, 5) is 2.34. The number of ether oxygens (including phenoxy) is 1. The third-order valence-corrected chi connectivity index (χ3v) is 3.38. The van der Waals surface area contributed by atoms with Crippen molar-refractivity contribution in [3.63, 3.8) is 0 Å². The second kappa shape index (κ2) is 9.59. The molecule has 1 aromatic rings. The first-order chi connectivity index (χ1) is 10.0. The molecule has 0 saturated carbocycles. The summed E-state index contributed by atoms with van der Waals surface area (Å²) in [5.74, 6) is 0.936. The molecular weight excluding hydrogens is 260 g/mol. The van der Waals surface area contributed by atoms with Crippen LogP contribution in [0.5, 0.6) is 5.75 Å². The predicted octanol–water partition coefficient (Wildman–Crippen LogP) is 3.46. The lowest BCUT2D eigenvalue weighted by molar-refractivity contribution is 0.191. The third-order valence-electron chi connectivity index (χ3n) is 3.38. The van der Waals surface area contributed by atoms with Gasteiger partial charge in [0.1, 0.15) is 12.4 Å². The van der Waals surface area contributed by atoms with Crippen molar-refractivity contribution in [2.45, 2.75) is 46.3 Å². The van der Waals surface area contributed by atoms with Gasteiger partial charge in [0.05, 0.1) is 0 Å². The van der Waals surface area contributed by atoms with E-state index >= 15 is 0 Å². The predicted molar refractivity (Wildman–Crippen MR) is 90.8 cm³/mol. The van der Waals surface area contributed by atoms with Gasteiger partial charge >= 0.3 is 0 Å². The Hall–Kier alpha value is -1.32. The summed E-state index contributed by atoms with van der Waals surface area (Å²) >= 11 is 0. The van der Waals surface area contributed by atoms with E-state index in [1.54, 1.807) is 0 Å². The van der Waals surface area contributed by atoms with Gasteiger partial charge in [-0.05, 0) is 31.5 Å². The summed E-state index contributed by atoms with van der Waals surface area (Å²) < 4.78 is 5.82. The Morgan fingerprint density at radius 1 is 1.19 bits per heavy atom. The number of rotatable bonds is 10. The van der Waals surface area contributed by atoms with E-state index in [1.165, 1.54) is 5.56 Å². The van der Waals surface area contributed by atoms with Crippen LogP contribution in [0.25, 0.3) is 0 Å². The SMILES string of the molecule is C=CCN(CCOc1ccc(CNC(C)C)cc1)C(C)C. The van der Waals surface area contributed by atoms with Crippen molar-refractivity contribution in [1.29, 1.82) is 0 Å². The molecule has 0 saturated heterocycles. The van der Waals surface area contributed by atoms with Crippen molar-refractivity contribution in [2.75, 3.05) is 19.7 Å². The topological polar surface area (TPSA) is 24.5 Å². The fourth-order valence-electron chi connectivity index (χ4n) is 2.03. The molecule has 3 nitrogen and oxygen atoms in total. The van der Waals surface area contributed by atoms with Crippen molar-refractivity contribution in [3.8, 4) is 5.75 Å². The Kier molecular flexibility index (Phi) is 8.09. The molecule has 3 heteroatoms. The average Bonchev–Trinajstić information content (AvgIpc) is 2.45. The first-order valence-electron chi connectivity index (χ1n) is 7.83. The van der Waals surface area contributed by atoms with E-state index in [-0.39, 0.29) is 0 Å². The minimum atomic E-state index is 0.507. The lowest BCUT2D eigenvalue weighted by atomic mass is 10.2. The number of hydrogen-bond acceptors (Lipinski definition) is 3. The molecule has 0 aromatic heterocycles. The van der Waals surface area contributed by atoms with Gasteiger partial charge in [0.25, 0.3) is 0 Å². The van der Waals surface area contributed by atoms with Crippen LogP contribution in [0.3, 0.4) is 0 Å². The maximum absolute atomic E-state index is 5.82. The van der Waals surface area contributed by atoms with Crippen molar-refractivity contribution in [3.05, 3.63) is 42.5 Å². The van der Waals surface area contributed by atoms with Crippen LogP contribution in [0.2, 0.25) is 0 Å². The molecule has 0 amide bonds. The molecule has 0 radical (unpaired) electrons. The Bertz CT molecular complexity index is 398. The van der Waals surface area contributed by atoms with Gasteiger partial charge in [0.15, 0.2) is 0 Å². The summed E-state index contributed by atoms with van der Waals surface area (Å²) in [6, 6.07) is 9.35. The third kappa shape index (κ3) is 7.30. The largest absolute Gasteiger partial charge is 0.492 e. The van der Waals surface area contributed by atoms with Crippen LogP contribution < -0.4 is 10.1 Å². The van der Waals surface area contributed by atoms with E-state index in [1.807, 2.05) is 18.2 Å². The molecule has 0 aliphatic heterocycles. The monoisotopic (exact) mass is 290 g/mol. The first-order valence-corrected chi connectivity index (χ1v) is 7.83. The van der Waals surface area contributed by atoms with E-state index in [9.17, 15) is 0 Å². The lowest BCUT2D eigenvalue weighted by Crippen LogP contribution is -2.34. The normalized spacial score (nSPS) is 11.4. The molecule has 118 valence electrons. The summed E-state index contributed by atoms with van der Waals surface area (Å²) in [6.07, 6.45) is 1.94. The second-order valence-electron chi connectivity index (χ2n) is 5.91. The fourth-order valence-corrected chi connectivity index (χ4v) is 2.03. The minimum Gasteiger partial charge on any atom is -0.492 e. The van der Waals surface area contributed by atoms with Crippen molar-refractivity contribution in [1.82, 2.24) is 10.2 Å². The van der Waals surface area contributed by atoms with E-state index in [0.717, 1.165) is 25.4 Å². The molecule has 21 heavy (non-hydrogen) atoms. The van der Waals surface area contributed by atoms with Gasteiger partial charge in [0.2, 0.25) is 0 Å². The number of nitrogens with zero attached hydrogens (tertiary/aromatic N) is 1. The molecule has 1 aromatic carbocycles. The smallest absolute Gasteiger partial charge is 0.119 e. The first kappa shape index (κ1) is 17.7. The maximum Gasteiger partial charge on any atom is 0.119 e. The molecule has 0 heterocycles. The Morgan fingerprint density at radius 3 is 2.38 bits per heavy atom. The molecular formula is C18H30N2O. The zero-order valence-electron chi connectivity index (χ0n) is 13.9. The molecule has 1 rings (SSSR count). The van der Waals surface area contributed by atoms with Crippen LogP contribution >= 0.6 is 0 Å². The molecule has 0 aliphatic rings. The molecule has 1 N–H and O–H groups in total. The second-order valence-corrected chi connectivity index (χ2v) is 5.91. The summed E-state index contributed by atoms with van der Waals surface area (Å²) in [5, 5.41) is 3.41. The standard InChI is InChI=1S/C18H30N2O/c1-6-11-20(16(4)5)12-13-21-18-9-7-17(8-10-18)14-19-15(2)3/h6-10,15-16,19H,1,11-14H2,2-5H3. The van der Waals surface area contributed by atoms with E-state index in [0.29, 0.717) is 18.7 Å². The number of benzene rings is 1. The van der Waals surface area contributed by atoms with Crippen LogP contribution in [0, 0.1) is 0 Å². The van der Waals surface area contributed by atoms with Gasteiger partial charge < -0.3 is 10.1 Å². The zero-order valence-corrected chi connectivity index (χ0v) is 13.9. The van der Waals surface area contributed by atoms with Crippen LogP contribution in [0.15, 0.2) is 36.9 Å². The molecule has 0 atom stereocenters. The van der Waals surface area contributed by atoms with E-state index < -0.39 is 0 Å². The molecule has 0 unspecified atom stereocenters. The highest BCUT2D eigenvalue weighted by atomic mass is 16.5. The molecule has 0 bridgehead atoms. The van der Waals surface area contributed by atoms with Gasteiger partial charge in [-0.2, -0.15) is 0 Å². The zero-order chi connectivity index (χ0) is 15.7. The number of nitrogens with one attached hydrogen (secondary N) is 1. The van der Waals surface area contributed by atoms with Gasteiger partial charge in [-0.25, -0.2) is 0 Å². The van der Waals surface area contributed by atoms with Crippen LogP contribution in [-0.2, 0) is 6.54 Å². The quantitative estimate of drug-likeness (QED) is 0.668. The van der Waals surface area contributed by atoms with E-state index in [2.05, 4.69) is 56.6 Å². The highest BCUT2D eigenvalue weighted by molar-refractivity contribution is 5.27. The van der Waals surface area contributed by atoms with Crippen molar-refractivity contribution < 1.29 is 4.74 Å². The molecule has 0 aliphatic carbocycles. The molecule has 0 spiro atoms. The van der Waals surface area contributed by atoms with Gasteiger partial charge in [0, 0.05) is 31.7 Å². The summed E-state index contributed by atoms with van der Waals surface area (Å²) in [7, 11) is 0. The minimum absolute atomic E-state index is 0.507. The van der Waals surface area contributed by atoms with Gasteiger partial charge in [-0.15, -0.1) is 6.58 Å². The number of hydrogen-bond donors (Lipinski definition) is 1. The molecule has 0 fully saturated rings. The Labute approximate surface area is 130 Å². The fraction of sp³-hybridized carbons (Fsp3) is 0.556. The van der Waals surface area contributed by atoms with Crippen molar-refractivity contribution >= 4 is 0 Å². The Balaban J connectivity index is 2.36. The lowest BCUT2D eigenvalue weighted by Gasteiger charge is -2.24. The summed E-state index contributed by atoms with van der Waals surface area (Å²) in [5.41, 5.74) is 1.28. The van der Waals surface area contributed by atoms with Crippen LogP contribution in [0.4, 0.5) is 0 Å². The van der Waals surface area contributed by atoms with E-state index in [4.69, 9.17) is 4.74 Å². The van der Waals surface area contributed by atoms with Crippen molar-refractivity contribution in [2.24, 2.45) is 0 Å². The van der Waals surface area contributed by atoms with Gasteiger partial charge in [-0.1, -0.05) is 32.1 Å². The van der Waals surface area contributed by atoms with Crippen LogP contribution in [0.1, 0.15) is 33.3 Å². The maximum atomic E-state index is 5.82. The Morgan fingerprint density at radius 2 is 1.86 bits per heavy atom. The summed E-state index contributed by atoms with van der Waals surface area (Å²) in [6.45, 7) is 15.9. The van der Waals surface area contributed by atoms with Gasteiger partial charge in [-0.3, -0.25) is 4.90 Å². The highest BCUT2D eigenvalue weighted by Crippen LogP contribution is 2.12. The highest BCUT2D eigenvalue weighted by Gasteiger charge is 2.07.